The standard InChI is InChI=1S/C18H16BrClF3N5O/c1-9-14(10(2)28(25-9)8-11-5-4-6-12(20)7-11)24-17(29)15-13(19)16(18(21,22)23)26-27(15)3/h4-7H,8H2,1-3H3,(H,24,29). The molecule has 0 aliphatic rings. The number of halogens is 5. The van der Waals surface area contributed by atoms with Gasteiger partial charge in [-0.3, -0.25) is 14.2 Å². The van der Waals surface area contributed by atoms with Crippen molar-refractivity contribution in [2.24, 2.45) is 7.05 Å². The average Bonchev–Trinajstić information content (AvgIpc) is 3.05. The Labute approximate surface area is 177 Å². The van der Waals surface area contributed by atoms with Crippen LogP contribution in [0.3, 0.4) is 0 Å². The van der Waals surface area contributed by atoms with Crippen LogP contribution in [0.25, 0.3) is 0 Å². The van der Waals surface area contributed by atoms with E-state index >= 15 is 0 Å². The summed E-state index contributed by atoms with van der Waals surface area (Å²) in [7, 11) is 1.27. The van der Waals surface area contributed by atoms with E-state index in [9.17, 15) is 18.0 Å². The van der Waals surface area contributed by atoms with Gasteiger partial charge in [-0.15, -0.1) is 0 Å². The molecule has 3 aromatic rings. The molecule has 11 heteroatoms. The molecule has 0 unspecified atom stereocenters. The fourth-order valence-corrected chi connectivity index (χ4v) is 3.89. The molecule has 0 bridgehead atoms. The molecule has 0 saturated carbocycles. The second kappa shape index (κ2) is 7.83. The van der Waals surface area contributed by atoms with Crippen LogP contribution in [-0.2, 0) is 19.8 Å². The summed E-state index contributed by atoms with van der Waals surface area (Å²) < 4.78 is 41.3. The summed E-state index contributed by atoms with van der Waals surface area (Å²) in [4.78, 5) is 12.7. The highest BCUT2D eigenvalue weighted by Gasteiger charge is 2.39. The third-order valence-corrected chi connectivity index (χ3v) is 5.30. The average molecular weight is 491 g/mol. The molecule has 2 aromatic heterocycles. The summed E-state index contributed by atoms with van der Waals surface area (Å²) >= 11 is 8.86. The van der Waals surface area contributed by atoms with E-state index in [2.05, 4.69) is 31.4 Å². The number of aromatic nitrogens is 4. The molecule has 0 atom stereocenters. The molecule has 2 heterocycles. The van der Waals surface area contributed by atoms with Gasteiger partial charge in [0.2, 0.25) is 0 Å². The van der Waals surface area contributed by atoms with Crippen molar-refractivity contribution >= 4 is 39.1 Å². The Bertz CT molecular complexity index is 1090. The van der Waals surface area contributed by atoms with E-state index in [0.717, 1.165) is 10.2 Å². The third kappa shape index (κ3) is 4.32. The molecule has 0 spiro atoms. The molecule has 29 heavy (non-hydrogen) atoms. The smallest absolute Gasteiger partial charge is 0.317 e. The molecular weight excluding hydrogens is 475 g/mol. The lowest BCUT2D eigenvalue weighted by molar-refractivity contribution is -0.142. The molecule has 0 fully saturated rings. The number of anilines is 1. The van der Waals surface area contributed by atoms with Crippen molar-refractivity contribution in [3.63, 3.8) is 0 Å². The van der Waals surface area contributed by atoms with Gasteiger partial charge in [-0.1, -0.05) is 23.7 Å². The van der Waals surface area contributed by atoms with E-state index in [-0.39, 0.29) is 5.69 Å². The number of rotatable bonds is 4. The summed E-state index contributed by atoms with van der Waals surface area (Å²) in [5.41, 5.74) is 1.15. The van der Waals surface area contributed by atoms with E-state index in [0.29, 0.717) is 28.6 Å². The molecular formula is C18H16BrClF3N5O. The summed E-state index contributed by atoms with van der Waals surface area (Å²) in [6.07, 6.45) is -4.68. The SMILES string of the molecule is Cc1nn(Cc2cccc(Cl)c2)c(C)c1NC(=O)c1c(Br)c(C(F)(F)F)nn1C. The highest BCUT2D eigenvalue weighted by Crippen LogP contribution is 2.36. The van der Waals surface area contributed by atoms with E-state index < -0.39 is 22.3 Å². The fourth-order valence-electron chi connectivity index (χ4n) is 2.94. The van der Waals surface area contributed by atoms with E-state index in [4.69, 9.17) is 11.6 Å². The second-order valence-electron chi connectivity index (χ2n) is 6.42. The van der Waals surface area contributed by atoms with Gasteiger partial charge >= 0.3 is 6.18 Å². The number of carbonyl (C=O) groups is 1. The van der Waals surface area contributed by atoms with Crippen molar-refractivity contribution in [3.05, 3.63) is 62.1 Å². The van der Waals surface area contributed by atoms with E-state index in [1.807, 2.05) is 18.2 Å². The summed E-state index contributed by atoms with van der Waals surface area (Å²) in [5.74, 6) is -0.726. The van der Waals surface area contributed by atoms with Gasteiger partial charge < -0.3 is 5.32 Å². The maximum atomic E-state index is 13.0. The number of benzene rings is 1. The number of carbonyl (C=O) groups excluding carboxylic acids is 1. The maximum Gasteiger partial charge on any atom is 0.436 e. The lowest BCUT2D eigenvalue weighted by atomic mass is 10.2. The van der Waals surface area contributed by atoms with Crippen LogP contribution in [0.4, 0.5) is 18.9 Å². The summed E-state index contributed by atoms with van der Waals surface area (Å²) in [5, 5.41) is 11.1. The quantitative estimate of drug-likeness (QED) is 0.562. The molecule has 1 aromatic carbocycles. The van der Waals surface area contributed by atoms with Crippen LogP contribution in [0, 0.1) is 13.8 Å². The monoisotopic (exact) mass is 489 g/mol. The maximum absolute atomic E-state index is 13.0. The number of amides is 1. The zero-order valence-corrected chi connectivity index (χ0v) is 17.9. The molecule has 0 aliphatic heterocycles. The first-order valence-electron chi connectivity index (χ1n) is 8.38. The van der Waals surface area contributed by atoms with Crippen molar-refractivity contribution in [2.45, 2.75) is 26.6 Å². The van der Waals surface area contributed by atoms with Crippen molar-refractivity contribution in [3.8, 4) is 0 Å². The largest absolute Gasteiger partial charge is 0.436 e. The van der Waals surface area contributed by atoms with Crippen molar-refractivity contribution in [1.29, 1.82) is 0 Å². The van der Waals surface area contributed by atoms with Gasteiger partial charge in [0.05, 0.1) is 28.1 Å². The van der Waals surface area contributed by atoms with Crippen LogP contribution < -0.4 is 5.32 Å². The number of nitrogens with one attached hydrogen (secondary N) is 1. The molecule has 1 amide bonds. The second-order valence-corrected chi connectivity index (χ2v) is 7.65. The molecule has 0 aliphatic carbocycles. The highest BCUT2D eigenvalue weighted by molar-refractivity contribution is 9.10. The Kier molecular flexibility index (Phi) is 5.77. The van der Waals surface area contributed by atoms with E-state index in [1.165, 1.54) is 7.05 Å². The van der Waals surface area contributed by atoms with Gasteiger partial charge in [0.25, 0.3) is 5.91 Å². The molecule has 6 nitrogen and oxygen atoms in total. The molecule has 0 radical (unpaired) electrons. The molecule has 3 rings (SSSR count). The lowest BCUT2D eigenvalue weighted by Gasteiger charge is -2.08. The Morgan fingerprint density at radius 1 is 1.28 bits per heavy atom. The fraction of sp³-hybridized carbons (Fsp3) is 0.278. The van der Waals surface area contributed by atoms with Crippen LogP contribution in [0.1, 0.15) is 33.1 Å². The Hall–Kier alpha value is -2.33. The third-order valence-electron chi connectivity index (χ3n) is 4.31. The predicted molar refractivity (Wildman–Crippen MR) is 106 cm³/mol. The lowest BCUT2D eigenvalue weighted by Crippen LogP contribution is -2.17. The van der Waals surface area contributed by atoms with Gasteiger partial charge in [-0.25, -0.2) is 0 Å². The number of hydrogen-bond donors (Lipinski definition) is 1. The van der Waals surface area contributed by atoms with E-state index in [1.54, 1.807) is 24.6 Å². The van der Waals surface area contributed by atoms with Crippen LogP contribution in [-0.4, -0.2) is 25.5 Å². The molecule has 0 saturated heterocycles. The summed E-state index contributed by atoms with van der Waals surface area (Å²) in [6.45, 7) is 3.90. The zero-order valence-electron chi connectivity index (χ0n) is 15.6. The van der Waals surface area contributed by atoms with Crippen LogP contribution >= 0.6 is 27.5 Å². The Morgan fingerprint density at radius 2 is 1.97 bits per heavy atom. The Balaban J connectivity index is 1.89. The first kappa shape index (κ1) is 21.4. The molecule has 1 N–H and O–H groups in total. The van der Waals surface area contributed by atoms with Crippen molar-refractivity contribution < 1.29 is 18.0 Å². The minimum atomic E-state index is -4.68. The number of nitrogens with zero attached hydrogens (tertiary/aromatic N) is 4. The van der Waals surface area contributed by atoms with Gasteiger partial charge in [0.15, 0.2) is 5.69 Å². The number of alkyl halides is 3. The topological polar surface area (TPSA) is 64.7 Å². The Morgan fingerprint density at radius 3 is 2.55 bits per heavy atom. The minimum absolute atomic E-state index is 0.237. The first-order valence-corrected chi connectivity index (χ1v) is 9.55. The zero-order chi connectivity index (χ0) is 21.5. The van der Waals surface area contributed by atoms with Gasteiger partial charge in [0.1, 0.15) is 5.69 Å². The highest BCUT2D eigenvalue weighted by atomic mass is 79.9. The minimum Gasteiger partial charge on any atom is -0.317 e. The predicted octanol–water partition coefficient (Wildman–Crippen LogP) is 4.97. The first-order chi connectivity index (χ1) is 13.5. The van der Waals surface area contributed by atoms with Gasteiger partial charge in [-0.2, -0.15) is 23.4 Å². The van der Waals surface area contributed by atoms with Crippen LogP contribution in [0.2, 0.25) is 5.02 Å². The number of hydrogen-bond acceptors (Lipinski definition) is 3. The van der Waals surface area contributed by atoms with Crippen LogP contribution in [0.5, 0.6) is 0 Å². The summed E-state index contributed by atoms with van der Waals surface area (Å²) in [6, 6.07) is 7.29. The van der Waals surface area contributed by atoms with Crippen LogP contribution in [0.15, 0.2) is 28.7 Å². The van der Waals surface area contributed by atoms with Crippen molar-refractivity contribution in [1.82, 2.24) is 19.6 Å². The normalized spacial score (nSPS) is 11.7. The van der Waals surface area contributed by atoms with Gasteiger partial charge in [0, 0.05) is 12.1 Å². The number of aryl methyl sites for hydroxylation is 2. The van der Waals surface area contributed by atoms with Crippen molar-refractivity contribution in [2.75, 3.05) is 5.32 Å². The van der Waals surface area contributed by atoms with Gasteiger partial charge in [-0.05, 0) is 47.5 Å². The molecule has 154 valence electrons.